The second-order valence-corrected chi connectivity index (χ2v) is 5.19. The van der Waals surface area contributed by atoms with Crippen molar-refractivity contribution in [2.45, 2.75) is 11.5 Å². The van der Waals surface area contributed by atoms with Crippen LogP contribution in [0.15, 0.2) is 18.2 Å². The molecule has 2 N–H and O–H groups in total. The van der Waals surface area contributed by atoms with E-state index in [2.05, 4.69) is 9.97 Å². The number of hydrogen-bond donors (Lipinski definition) is 1. The molecule has 3 rings (SSSR count). The van der Waals surface area contributed by atoms with E-state index in [4.69, 9.17) is 10.5 Å². The molecule has 0 spiro atoms. The Morgan fingerprint density at radius 2 is 2.16 bits per heavy atom. The Hall–Kier alpha value is -1.82. The number of ether oxygens (including phenoxy) is 1. The van der Waals surface area contributed by atoms with Crippen LogP contribution in [0.25, 0.3) is 11.4 Å². The molecule has 19 heavy (non-hydrogen) atoms. The van der Waals surface area contributed by atoms with Crippen molar-refractivity contribution < 1.29 is 9.13 Å². The van der Waals surface area contributed by atoms with Crippen molar-refractivity contribution in [3.8, 4) is 17.1 Å². The van der Waals surface area contributed by atoms with Crippen LogP contribution in [0.2, 0.25) is 0 Å². The molecule has 0 bridgehead atoms. The maximum Gasteiger partial charge on any atom is 0.165 e. The zero-order valence-electron chi connectivity index (χ0n) is 10.3. The Bertz CT molecular complexity index is 648. The third kappa shape index (κ3) is 2.12. The van der Waals surface area contributed by atoms with Crippen LogP contribution in [0.4, 0.5) is 10.2 Å². The maximum absolute atomic E-state index is 13.7. The lowest BCUT2D eigenvalue weighted by atomic mass is 10.1. The van der Waals surface area contributed by atoms with Crippen molar-refractivity contribution >= 4 is 17.6 Å². The minimum Gasteiger partial charge on any atom is -0.494 e. The molecular weight excluding hydrogens is 265 g/mol. The smallest absolute Gasteiger partial charge is 0.165 e. The predicted octanol–water partition coefficient (Wildman–Crippen LogP) is 2.62. The van der Waals surface area contributed by atoms with Crippen molar-refractivity contribution in [1.29, 1.82) is 0 Å². The summed E-state index contributed by atoms with van der Waals surface area (Å²) < 4.78 is 18.6. The lowest BCUT2D eigenvalue weighted by molar-refractivity contribution is 0.386. The van der Waals surface area contributed by atoms with Gasteiger partial charge in [0.2, 0.25) is 0 Å². The zero-order chi connectivity index (χ0) is 13.4. The predicted molar refractivity (Wildman–Crippen MR) is 73.4 cm³/mol. The molecule has 98 valence electrons. The number of halogens is 1. The molecule has 6 heteroatoms. The number of aromatic nitrogens is 2. The average Bonchev–Trinajstić information content (AvgIpc) is 2.87. The number of hydrogen-bond acceptors (Lipinski definition) is 5. The molecule has 0 atom stereocenters. The Balaban J connectivity index is 2.07. The number of nitrogen functional groups attached to an aromatic ring is 1. The molecule has 1 aromatic heterocycles. The monoisotopic (exact) mass is 277 g/mol. The molecular formula is C13H12FN3OS. The standard InChI is InChI=1S/C13H12FN3OS/c1-18-11-3-2-7(4-9(11)14)13-16-10-6-19-5-8(10)12(15)17-13/h2-4H,5-6H2,1H3,(H2,15,16,17). The summed E-state index contributed by atoms with van der Waals surface area (Å²) in [6.45, 7) is 0. The van der Waals surface area contributed by atoms with Gasteiger partial charge in [0.1, 0.15) is 5.82 Å². The summed E-state index contributed by atoms with van der Waals surface area (Å²) in [5.74, 6) is 2.39. The van der Waals surface area contributed by atoms with Gasteiger partial charge in [-0.15, -0.1) is 0 Å². The van der Waals surface area contributed by atoms with Gasteiger partial charge in [0, 0.05) is 22.6 Å². The quantitative estimate of drug-likeness (QED) is 0.914. The van der Waals surface area contributed by atoms with Crippen molar-refractivity contribution in [2.75, 3.05) is 12.8 Å². The molecule has 0 amide bonds. The fourth-order valence-electron chi connectivity index (χ4n) is 2.01. The zero-order valence-corrected chi connectivity index (χ0v) is 11.1. The van der Waals surface area contributed by atoms with Gasteiger partial charge in [-0.3, -0.25) is 0 Å². The Kier molecular flexibility index (Phi) is 3.02. The second kappa shape index (κ2) is 4.70. The first-order valence-electron chi connectivity index (χ1n) is 5.76. The van der Waals surface area contributed by atoms with Crippen LogP contribution < -0.4 is 10.5 Å². The number of nitrogens with zero attached hydrogens (tertiary/aromatic N) is 2. The normalized spacial score (nSPS) is 13.4. The van der Waals surface area contributed by atoms with Gasteiger partial charge in [-0.25, -0.2) is 14.4 Å². The number of thioether (sulfide) groups is 1. The van der Waals surface area contributed by atoms with Gasteiger partial charge in [-0.05, 0) is 18.2 Å². The molecule has 0 fully saturated rings. The first-order chi connectivity index (χ1) is 9.19. The van der Waals surface area contributed by atoms with E-state index in [0.717, 1.165) is 22.8 Å². The van der Waals surface area contributed by atoms with Crippen LogP contribution in [-0.2, 0) is 11.5 Å². The maximum atomic E-state index is 13.7. The van der Waals surface area contributed by atoms with Crippen LogP contribution >= 0.6 is 11.8 Å². The SMILES string of the molecule is COc1ccc(-c2nc(N)c3c(n2)CSC3)cc1F. The minimum atomic E-state index is -0.433. The van der Waals surface area contributed by atoms with E-state index >= 15 is 0 Å². The molecule has 1 aromatic carbocycles. The molecule has 0 unspecified atom stereocenters. The lowest BCUT2D eigenvalue weighted by Gasteiger charge is -2.07. The van der Waals surface area contributed by atoms with Gasteiger partial charge < -0.3 is 10.5 Å². The van der Waals surface area contributed by atoms with E-state index in [1.165, 1.54) is 13.2 Å². The van der Waals surface area contributed by atoms with Crippen molar-refractivity contribution in [1.82, 2.24) is 9.97 Å². The molecule has 1 aliphatic heterocycles. The van der Waals surface area contributed by atoms with E-state index in [9.17, 15) is 4.39 Å². The van der Waals surface area contributed by atoms with Gasteiger partial charge >= 0.3 is 0 Å². The van der Waals surface area contributed by atoms with E-state index < -0.39 is 5.82 Å². The molecule has 0 saturated heterocycles. The third-order valence-corrected chi connectivity index (χ3v) is 3.99. The summed E-state index contributed by atoms with van der Waals surface area (Å²) in [4.78, 5) is 8.72. The van der Waals surface area contributed by atoms with E-state index in [-0.39, 0.29) is 5.75 Å². The number of rotatable bonds is 2. The van der Waals surface area contributed by atoms with Crippen molar-refractivity contribution in [3.63, 3.8) is 0 Å². The minimum absolute atomic E-state index is 0.202. The van der Waals surface area contributed by atoms with Crippen LogP contribution in [-0.4, -0.2) is 17.1 Å². The fourth-order valence-corrected chi connectivity index (χ4v) is 3.06. The number of methoxy groups -OCH3 is 1. The first kappa shape index (κ1) is 12.2. The van der Waals surface area contributed by atoms with Gasteiger partial charge in [-0.1, -0.05) is 0 Å². The highest BCUT2D eigenvalue weighted by atomic mass is 32.2. The molecule has 4 nitrogen and oxygen atoms in total. The molecule has 0 saturated carbocycles. The topological polar surface area (TPSA) is 61.0 Å². The lowest BCUT2D eigenvalue weighted by Crippen LogP contribution is -2.03. The summed E-state index contributed by atoms with van der Waals surface area (Å²) in [6, 6.07) is 4.65. The third-order valence-electron chi connectivity index (χ3n) is 3.02. The average molecular weight is 277 g/mol. The van der Waals surface area contributed by atoms with Gasteiger partial charge in [0.25, 0.3) is 0 Å². The van der Waals surface area contributed by atoms with Gasteiger partial charge in [0.15, 0.2) is 17.4 Å². The van der Waals surface area contributed by atoms with Crippen LogP contribution in [0, 0.1) is 5.82 Å². The highest BCUT2D eigenvalue weighted by Crippen LogP contribution is 2.33. The molecule has 0 aliphatic carbocycles. The number of fused-ring (bicyclic) bond motifs is 1. The highest BCUT2D eigenvalue weighted by Gasteiger charge is 2.19. The second-order valence-electron chi connectivity index (χ2n) is 4.20. The number of anilines is 1. The summed E-state index contributed by atoms with van der Waals surface area (Å²) >= 11 is 1.75. The van der Waals surface area contributed by atoms with E-state index in [1.807, 2.05) is 0 Å². The van der Waals surface area contributed by atoms with Gasteiger partial charge in [-0.2, -0.15) is 11.8 Å². The summed E-state index contributed by atoms with van der Waals surface area (Å²) in [7, 11) is 1.43. The molecule has 1 aliphatic rings. The Morgan fingerprint density at radius 1 is 1.32 bits per heavy atom. The van der Waals surface area contributed by atoms with Crippen LogP contribution in [0.1, 0.15) is 11.3 Å². The van der Waals surface area contributed by atoms with Crippen LogP contribution in [0.5, 0.6) is 5.75 Å². The Labute approximate surface area is 114 Å². The van der Waals surface area contributed by atoms with Crippen LogP contribution in [0.3, 0.4) is 0 Å². The van der Waals surface area contributed by atoms with E-state index in [1.54, 1.807) is 23.9 Å². The molecule has 2 heterocycles. The summed E-state index contributed by atoms with van der Waals surface area (Å²) in [5, 5.41) is 0. The van der Waals surface area contributed by atoms with Crippen molar-refractivity contribution in [3.05, 3.63) is 35.3 Å². The van der Waals surface area contributed by atoms with E-state index in [0.29, 0.717) is 17.2 Å². The Morgan fingerprint density at radius 3 is 2.89 bits per heavy atom. The highest BCUT2D eigenvalue weighted by molar-refractivity contribution is 7.98. The van der Waals surface area contributed by atoms with Gasteiger partial charge in [0.05, 0.1) is 12.8 Å². The summed E-state index contributed by atoms with van der Waals surface area (Å²) in [5.41, 5.74) is 8.47. The largest absolute Gasteiger partial charge is 0.494 e. The number of benzene rings is 1. The van der Waals surface area contributed by atoms with Crippen molar-refractivity contribution in [2.24, 2.45) is 0 Å². The molecule has 2 aromatic rings. The fraction of sp³-hybridized carbons (Fsp3) is 0.231. The number of nitrogens with two attached hydrogens (primary N) is 1. The molecule has 0 radical (unpaired) electrons. The first-order valence-corrected chi connectivity index (χ1v) is 6.91. The summed E-state index contributed by atoms with van der Waals surface area (Å²) in [6.07, 6.45) is 0.